The summed E-state index contributed by atoms with van der Waals surface area (Å²) in [5.74, 6) is 1.14. The number of hydrogen-bond acceptors (Lipinski definition) is 2. The molecule has 2 aromatic carbocycles. The SMILES string of the molecule is C=C[C@@H]1CN(Cc2ccccc2)Cc2nc3cc(C)c(C)cc3n21. The molecule has 0 fully saturated rings. The highest BCUT2D eigenvalue weighted by molar-refractivity contribution is 5.78. The second kappa shape index (κ2) is 5.91. The molecule has 3 nitrogen and oxygen atoms in total. The lowest BCUT2D eigenvalue weighted by atomic mass is 10.1. The lowest BCUT2D eigenvalue weighted by molar-refractivity contribution is 0.194. The van der Waals surface area contributed by atoms with E-state index in [4.69, 9.17) is 4.98 Å². The number of imidazole rings is 1. The number of benzene rings is 2. The van der Waals surface area contributed by atoms with Crippen molar-refractivity contribution in [2.45, 2.75) is 33.0 Å². The molecule has 1 atom stereocenters. The predicted octanol–water partition coefficient (Wildman–Crippen LogP) is 4.40. The summed E-state index contributed by atoms with van der Waals surface area (Å²) in [7, 11) is 0. The molecule has 1 aliphatic rings. The summed E-state index contributed by atoms with van der Waals surface area (Å²) < 4.78 is 2.37. The van der Waals surface area contributed by atoms with E-state index < -0.39 is 0 Å². The number of nitrogens with zero attached hydrogens (tertiary/aromatic N) is 3. The minimum absolute atomic E-state index is 0.268. The number of aromatic nitrogens is 2. The van der Waals surface area contributed by atoms with Crippen molar-refractivity contribution < 1.29 is 0 Å². The van der Waals surface area contributed by atoms with Crippen molar-refractivity contribution in [1.29, 1.82) is 0 Å². The Bertz CT molecular complexity index is 892. The van der Waals surface area contributed by atoms with Crippen LogP contribution in [0.1, 0.15) is 28.6 Å². The van der Waals surface area contributed by atoms with Crippen molar-refractivity contribution in [3.8, 4) is 0 Å². The van der Waals surface area contributed by atoms with Crippen LogP contribution in [0, 0.1) is 13.8 Å². The molecule has 0 N–H and O–H groups in total. The Balaban J connectivity index is 1.73. The average molecular weight is 317 g/mol. The van der Waals surface area contributed by atoms with E-state index in [1.54, 1.807) is 0 Å². The first-order valence-electron chi connectivity index (χ1n) is 8.52. The Morgan fingerprint density at radius 1 is 1.17 bits per heavy atom. The molecule has 122 valence electrons. The van der Waals surface area contributed by atoms with Crippen molar-refractivity contribution in [2.75, 3.05) is 6.54 Å². The molecule has 3 heteroatoms. The van der Waals surface area contributed by atoms with E-state index in [2.05, 4.69) is 78.4 Å². The molecule has 0 radical (unpaired) electrons. The van der Waals surface area contributed by atoms with Gasteiger partial charge in [-0.25, -0.2) is 4.98 Å². The normalized spacial score (nSPS) is 17.8. The summed E-state index contributed by atoms with van der Waals surface area (Å²) in [6, 6.07) is 15.4. The van der Waals surface area contributed by atoms with Gasteiger partial charge in [0.15, 0.2) is 0 Å². The summed E-state index contributed by atoms with van der Waals surface area (Å²) in [5.41, 5.74) is 6.30. The summed E-state index contributed by atoms with van der Waals surface area (Å²) in [6.07, 6.45) is 2.05. The maximum Gasteiger partial charge on any atom is 0.124 e. The molecule has 0 unspecified atom stereocenters. The maximum absolute atomic E-state index is 4.92. The van der Waals surface area contributed by atoms with Crippen LogP contribution in [-0.2, 0) is 13.1 Å². The summed E-state index contributed by atoms with van der Waals surface area (Å²) in [6.45, 7) is 11.2. The van der Waals surface area contributed by atoms with Crippen molar-refractivity contribution in [3.63, 3.8) is 0 Å². The van der Waals surface area contributed by atoms with Crippen LogP contribution < -0.4 is 0 Å². The predicted molar refractivity (Wildman–Crippen MR) is 99.0 cm³/mol. The third-order valence-electron chi connectivity index (χ3n) is 5.04. The molecular weight excluding hydrogens is 294 g/mol. The molecule has 3 aromatic rings. The van der Waals surface area contributed by atoms with Gasteiger partial charge in [-0.15, -0.1) is 6.58 Å². The van der Waals surface area contributed by atoms with E-state index in [9.17, 15) is 0 Å². The maximum atomic E-state index is 4.92. The Morgan fingerprint density at radius 3 is 2.67 bits per heavy atom. The molecule has 1 aromatic heterocycles. The Labute approximate surface area is 143 Å². The van der Waals surface area contributed by atoms with Gasteiger partial charge in [0.05, 0.1) is 23.6 Å². The first-order chi connectivity index (χ1) is 11.7. The van der Waals surface area contributed by atoms with Gasteiger partial charge >= 0.3 is 0 Å². The van der Waals surface area contributed by atoms with Gasteiger partial charge < -0.3 is 4.57 Å². The lowest BCUT2D eigenvalue weighted by Crippen LogP contribution is -2.36. The van der Waals surface area contributed by atoms with Crippen LogP contribution >= 0.6 is 0 Å². The first-order valence-corrected chi connectivity index (χ1v) is 8.52. The van der Waals surface area contributed by atoms with Crippen LogP contribution in [0.5, 0.6) is 0 Å². The molecule has 0 spiro atoms. The van der Waals surface area contributed by atoms with Gasteiger partial charge in [-0.1, -0.05) is 36.4 Å². The highest BCUT2D eigenvalue weighted by Gasteiger charge is 2.26. The smallest absolute Gasteiger partial charge is 0.124 e. The van der Waals surface area contributed by atoms with E-state index >= 15 is 0 Å². The molecule has 2 heterocycles. The molecular formula is C21H23N3. The Hall–Kier alpha value is -2.39. The summed E-state index contributed by atoms with van der Waals surface area (Å²) >= 11 is 0. The standard InChI is InChI=1S/C21H23N3/c1-4-18-13-23(12-17-8-6-5-7-9-17)14-21-22-19-10-15(2)16(3)11-20(19)24(18)21/h4-11,18H,1,12-14H2,2-3H3/t18-/m1/s1. The topological polar surface area (TPSA) is 21.1 Å². The zero-order chi connectivity index (χ0) is 16.7. The van der Waals surface area contributed by atoms with Gasteiger partial charge in [-0.05, 0) is 42.7 Å². The largest absolute Gasteiger partial charge is 0.319 e. The van der Waals surface area contributed by atoms with Crippen LogP contribution in [-0.4, -0.2) is 21.0 Å². The zero-order valence-electron chi connectivity index (χ0n) is 14.4. The van der Waals surface area contributed by atoms with E-state index in [0.29, 0.717) is 0 Å². The molecule has 0 bridgehead atoms. The molecule has 0 saturated carbocycles. The molecule has 0 saturated heterocycles. The van der Waals surface area contributed by atoms with Crippen LogP contribution in [0.2, 0.25) is 0 Å². The van der Waals surface area contributed by atoms with Crippen molar-refractivity contribution in [3.05, 3.63) is 77.6 Å². The van der Waals surface area contributed by atoms with Gasteiger partial charge in [0.25, 0.3) is 0 Å². The zero-order valence-corrected chi connectivity index (χ0v) is 14.4. The third-order valence-corrected chi connectivity index (χ3v) is 5.04. The number of fused-ring (bicyclic) bond motifs is 3. The minimum atomic E-state index is 0.268. The quantitative estimate of drug-likeness (QED) is 0.668. The molecule has 1 aliphatic heterocycles. The third kappa shape index (κ3) is 2.55. The fraction of sp³-hybridized carbons (Fsp3) is 0.286. The molecule has 0 aliphatic carbocycles. The van der Waals surface area contributed by atoms with Crippen LogP contribution in [0.25, 0.3) is 11.0 Å². The molecule has 24 heavy (non-hydrogen) atoms. The van der Waals surface area contributed by atoms with E-state index in [1.165, 1.54) is 22.2 Å². The van der Waals surface area contributed by atoms with Crippen LogP contribution in [0.4, 0.5) is 0 Å². The highest BCUT2D eigenvalue weighted by Crippen LogP contribution is 2.30. The molecule has 4 rings (SSSR count). The number of hydrogen-bond donors (Lipinski definition) is 0. The Morgan fingerprint density at radius 2 is 1.92 bits per heavy atom. The molecule has 0 amide bonds. The van der Waals surface area contributed by atoms with Crippen molar-refractivity contribution >= 4 is 11.0 Å². The fourth-order valence-electron chi connectivity index (χ4n) is 3.63. The van der Waals surface area contributed by atoms with Gasteiger partial charge in [0, 0.05) is 13.1 Å². The first kappa shape index (κ1) is 15.2. The average Bonchev–Trinajstić information content (AvgIpc) is 2.92. The second-order valence-corrected chi connectivity index (χ2v) is 6.78. The monoisotopic (exact) mass is 317 g/mol. The van der Waals surface area contributed by atoms with E-state index in [0.717, 1.165) is 31.0 Å². The number of aryl methyl sites for hydroxylation is 2. The van der Waals surface area contributed by atoms with E-state index in [-0.39, 0.29) is 6.04 Å². The second-order valence-electron chi connectivity index (χ2n) is 6.78. The van der Waals surface area contributed by atoms with Gasteiger partial charge in [0.1, 0.15) is 5.82 Å². The van der Waals surface area contributed by atoms with Gasteiger partial charge in [-0.2, -0.15) is 0 Å². The summed E-state index contributed by atoms with van der Waals surface area (Å²) in [5, 5.41) is 0. The minimum Gasteiger partial charge on any atom is -0.319 e. The van der Waals surface area contributed by atoms with Crippen molar-refractivity contribution in [1.82, 2.24) is 14.5 Å². The lowest BCUT2D eigenvalue weighted by Gasteiger charge is -2.33. The number of rotatable bonds is 3. The van der Waals surface area contributed by atoms with Gasteiger partial charge in [0.2, 0.25) is 0 Å². The van der Waals surface area contributed by atoms with Crippen LogP contribution in [0.15, 0.2) is 55.1 Å². The van der Waals surface area contributed by atoms with Crippen LogP contribution in [0.3, 0.4) is 0 Å². The Kier molecular flexibility index (Phi) is 3.73. The van der Waals surface area contributed by atoms with Crippen molar-refractivity contribution in [2.24, 2.45) is 0 Å². The highest BCUT2D eigenvalue weighted by atomic mass is 15.3. The van der Waals surface area contributed by atoms with Gasteiger partial charge in [-0.3, -0.25) is 4.90 Å². The summed E-state index contributed by atoms with van der Waals surface area (Å²) in [4.78, 5) is 7.38. The van der Waals surface area contributed by atoms with E-state index in [1.807, 2.05) is 0 Å². The fourth-order valence-corrected chi connectivity index (χ4v) is 3.63.